The molecule has 1 fully saturated rings. The molecule has 6 heteroatoms. The van der Waals surface area contributed by atoms with E-state index in [9.17, 15) is 4.79 Å². The number of hydrogen-bond acceptors (Lipinski definition) is 3. The second-order valence-electron chi connectivity index (χ2n) is 5.86. The fourth-order valence-corrected chi connectivity index (χ4v) is 2.96. The highest BCUT2D eigenvalue weighted by Crippen LogP contribution is 2.19. The molecule has 0 spiro atoms. The van der Waals surface area contributed by atoms with E-state index in [1.807, 2.05) is 41.1 Å². The molecule has 0 N–H and O–H groups in total. The molecule has 0 aliphatic carbocycles. The molecule has 1 aliphatic rings. The number of hydrogen-bond donors (Lipinski definition) is 0. The van der Waals surface area contributed by atoms with E-state index >= 15 is 0 Å². The third-order valence-electron chi connectivity index (χ3n) is 4.17. The summed E-state index contributed by atoms with van der Waals surface area (Å²) in [5.74, 6) is 0.633. The second kappa shape index (κ2) is 6.17. The van der Waals surface area contributed by atoms with E-state index in [1.165, 1.54) is 0 Å². The topological polar surface area (TPSA) is 47.4 Å². The molecule has 1 aliphatic heterocycles. The molecule has 0 bridgehead atoms. The number of amides is 1. The summed E-state index contributed by atoms with van der Waals surface area (Å²) in [6, 6.07) is 13.5. The van der Waals surface area contributed by atoms with Crippen LogP contribution in [-0.2, 0) is 11.3 Å². The van der Waals surface area contributed by atoms with E-state index < -0.39 is 0 Å². The van der Waals surface area contributed by atoms with Crippen LogP contribution >= 0.6 is 11.6 Å². The molecule has 3 aromatic rings. The fourth-order valence-electron chi connectivity index (χ4n) is 2.84. The minimum absolute atomic E-state index is 0.0102. The summed E-state index contributed by atoms with van der Waals surface area (Å²) in [5, 5.41) is 1.72. The summed E-state index contributed by atoms with van der Waals surface area (Å²) in [5.41, 5.74) is 1.07. The van der Waals surface area contributed by atoms with Crippen LogP contribution in [-0.4, -0.2) is 39.6 Å². The van der Waals surface area contributed by atoms with Crippen LogP contribution in [0.25, 0.3) is 10.9 Å². The number of carbonyl (C=O) groups is 1. The molecule has 2 aromatic heterocycles. The Labute approximate surface area is 144 Å². The number of benzene rings is 1. The van der Waals surface area contributed by atoms with Crippen LogP contribution in [0.2, 0.25) is 5.02 Å². The smallest absolute Gasteiger partial charge is 0.242 e. The van der Waals surface area contributed by atoms with E-state index in [-0.39, 0.29) is 12.0 Å². The average Bonchev–Trinajstić information content (AvgIpc) is 2.95. The van der Waals surface area contributed by atoms with Gasteiger partial charge in [-0.1, -0.05) is 29.8 Å². The number of nitrogens with zero attached hydrogens (tertiary/aromatic N) is 3. The molecular weight excluding hydrogens is 326 g/mol. The van der Waals surface area contributed by atoms with E-state index in [1.54, 1.807) is 23.2 Å². The molecular formula is C18H16ClN3O2. The van der Waals surface area contributed by atoms with Crippen molar-refractivity contribution in [2.75, 3.05) is 13.1 Å². The molecule has 3 heterocycles. The Kier molecular flexibility index (Phi) is 3.86. The van der Waals surface area contributed by atoms with Crippen molar-refractivity contribution in [2.45, 2.75) is 12.6 Å². The van der Waals surface area contributed by atoms with Gasteiger partial charge in [-0.3, -0.25) is 4.79 Å². The van der Waals surface area contributed by atoms with Crippen LogP contribution < -0.4 is 4.74 Å². The zero-order chi connectivity index (χ0) is 16.5. The lowest BCUT2D eigenvalue weighted by Gasteiger charge is -2.38. The van der Waals surface area contributed by atoms with E-state index in [0.717, 1.165) is 10.9 Å². The molecule has 0 atom stereocenters. The number of carbonyl (C=O) groups excluding carboxylic acids is 1. The van der Waals surface area contributed by atoms with Crippen LogP contribution in [0.15, 0.2) is 54.9 Å². The number of rotatable bonds is 4. The predicted octanol–water partition coefficient (Wildman–Crippen LogP) is 2.98. The number of likely N-dealkylation sites (tertiary alicyclic amines) is 1. The number of aromatic nitrogens is 2. The first-order valence-electron chi connectivity index (χ1n) is 7.79. The van der Waals surface area contributed by atoms with E-state index in [0.29, 0.717) is 30.5 Å². The van der Waals surface area contributed by atoms with Crippen molar-refractivity contribution >= 4 is 28.4 Å². The van der Waals surface area contributed by atoms with Gasteiger partial charge in [0.25, 0.3) is 0 Å². The first-order chi connectivity index (χ1) is 11.7. The summed E-state index contributed by atoms with van der Waals surface area (Å²) in [6.45, 7) is 1.52. The first-order valence-corrected chi connectivity index (χ1v) is 8.17. The Bertz CT molecular complexity index is 869. The van der Waals surface area contributed by atoms with Crippen LogP contribution in [0, 0.1) is 0 Å². The van der Waals surface area contributed by atoms with Gasteiger partial charge in [0.1, 0.15) is 12.6 Å². The molecule has 0 radical (unpaired) electrons. The maximum absolute atomic E-state index is 12.4. The Morgan fingerprint density at radius 1 is 1.21 bits per heavy atom. The lowest BCUT2D eigenvalue weighted by atomic mass is 10.1. The van der Waals surface area contributed by atoms with E-state index in [4.69, 9.17) is 16.3 Å². The molecule has 5 nitrogen and oxygen atoms in total. The van der Waals surface area contributed by atoms with Gasteiger partial charge < -0.3 is 14.2 Å². The highest BCUT2D eigenvalue weighted by atomic mass is 35.5. The first kappa shape index (κ1) is 15.0. The number of pyridine rings is 1. The molecule has 0 unspecified atom stereocenters. The molecule has 1 saturated heterocycles. The number of para-hydroxylation sites is 1. The van der Waals surface area contributed by atoms with Crippen LogP contribution in [0.5, 0.6) is 5.88 Å². The standard InChI is InChI=1S/C18H16ClN3O2/c19-14-5-6-17(20-9-14)24-15-10-22(11-15)18(23)12-21-8-7-13-3-1-2-4-16(13)21/h1-9,15H,10-12H2. The van der Waals surface area contributed by atoms with Gasteiger partial charge in [0.05, 0.1) is 18.1 Å². The lowest BCUT2D eigenvalue weighted by molar-refractivity contribution is -0.140. The monoisotopic (exact) mass is 341 g/mol. The Morgan fingerprint density at radius 2 is 2.04 bits per heavy atom. The Balaban J connectivity index is 1.33. The van der Waals surface area contributed by atoms with Gasteiger partial charge in [-0.05, 0) is 23.6 Å². The molecule has 24 heavy (non-hydrogen) atoms. The van der Waals surface area contributed by atoms with Gasteiger partial charge in [0, 0.05) is 24.0 Å². The molecule has 4 rings (SSSR count). The lowest BCUT2D eigenvalue weighted by Crippen LogP contribution is -2.56. The third kappa shape index (κ3) is 2.95. The largest absolute Gasteiger partial charge is 0.471 e. The maximum Gasteiger partial charge on any atom is 0.242 e. The van der Waals surface area contributed by atoms with Gasteiger partial charge in [-0.2, -0.15) is 0 Å². The van der Waals surface area contributed by atoms with Crippen LogP contribution in [0.3, 0.4) is 0 Å². The van der Waals surface area contributed by atoms with E-state index in [2.05, 4.69) is 4.98 Å². The van der Waals surface area contributed by atoms with Crippen molar-refractivity contribution in [3.05, 3.63) is 59.9 Å². The summed E-state index contributed by atoms with van der Waals surface area (Å²) < 4.78 is 7.70. The highest BCUT2D eigenvalue weighted by Gasteiger charge is 2.32. The molecule has 0 saturated carbocycles. The molecule has 122 valence electrons. The summed E-state index contributed by atoms with van der Waals surface area (Å²) in [6.07, 6.45) is 3.49. The minimum atomic E-state index is -0.0102. The van der Waals surface area contributed by atoms with Gasteiger partial charge in [-0.25, -0.2) is 4.98 Å². The zero-order valence-corrected chi connectivity index (χ0v) is 13.7. The van der Waals surface area contributed by atoms with Crippen molar-refractivity contribution < 1.29 is 9.53 Å². The normalized spacial score (nSPS) is 14.6. The van der Waals surface area contributed by atoms with Gasteiger partial charge in [-0.15, -0.1) is 0 Å². The zero-order valence-electron chi connectivity index (χ0n) is 12.9. The molecule has 1 aromatic carbocycles. The SMILES string of the molecule is O=C(Cn1ccc2ccccc21)N1CC(Oc2ccc(Cl)cn2)C1. The summed E-state index contributed by atoms with van der Waals surface area (Å²) in [7, 11) is 0. The Hall–Kier alpha value is -2.53. The Morgan fingerprint density at radius 3 is 2.83 bits per heavy atom. The second-order valence-corrected chi connectivity index (χ2v) is 6.29. The summed E-state index contributed by atoms with van der Waals surface area (Å²) >= 11 is 5.80. The number of fused-ring (bicyclic) bond motifs is 1. The summed E-state index contributed by atoms with van der Waals surface area (Å²) in [4.78, 5) is 18.3. The van der Waals surface area contributed by atoms with Crippen molar-refractivity contribution in [3.8, 4) is 5.88 Å². The number of ether oxygens (including phenoxy) is 1. The quantitative estimate of drug-likeness (QED) is 0.733. The maximum atomic E-state index is 12.4. The van der Waals surface area contributed by atoms with Crippen molar-refractivity contribution in [1.82, 2.24) is 14.5 Å². The van der Waals surface area contributed by atoms with Gasteiger partial charge in [0.2, 0.25) is 11.8 Å². The predicted molar refractivity (Wildman–Crippen MR) is 92.2 cm³/mol. The third-order valence-corrected chi connectivity index (χ3v) is 4.40. The average molecular weight is 342 g/mol. The minimum Gasteiger partial charge on any atom is -0.471 e. The van der Waals surface area contributed by atoms with Gasteiger partial charge in [0.15, 0.2) is 0 Å². The highest BCUT2D eigenvalue weighted by molar-refractivity contribution is 6.30. The fraction of sp³-hybridized carbons (Fsp3) is 0.222. The van der Waals surface area contributed by atoms with Gasteiger partial charge >= 0.3 is 0 Å². The van der Waals surface area contributed by atoms with Crippen molar-refractivity contribution in [1.29, 1.82) is 0 Å². The van der Waals surface area contributed by atoms with Crippen LogP contribution in [0.4, 0.5) is 0 Å². The van der Waals surface area contributed by atoms with Crippen molar-refractivity contribution in [3.63, 3.8) is 0 Å². The number of halogens is 1. The van der Waals surface area contributed by atoms with Crippen LogP contribution in [0.1, 0.15) is 0 Å². The van der Waals surface area contributed by atoms with Crippen molar-refractivity contribution in [2.24, 2.45) is 0 Å². The molecule has 1 amide bonds.